The predicted octanol–water partition coefficient (Wildman–Crippen LogP) is 3.64. The van der Waals surface area contributed by atoms with Gasteiger partial charge in [0.2, 0.25) is 0 Å². The van der Waals surface area contributed by atoms with E-state index in [0.717, 1.165) is 6.54 Å². The molecule has 2 atom stereocenters. The van der Waals surface area contributed by atoms with Gasteiger partial charge >= 0.3 is 0 Å². The van der Waals surface area contributed by atoms with E-state index in [1.807, 2.05) is 12.4 Å². The van der Waals surface area contributed by atoms with Crippen molar-refractivity contribution in [3.63, 3.8) is 0 Å². The van der Waals surface area contributed by atoms with Crippen molar-refractivity contribution < 1.29 is 0 Å². The van der Waals surface area contributed by atoms with Crippen molar-refractivity contribution in [2.75, 3.05) is 26.2 Å². The first-order chi connectivity index (χ1) is 12.4. The molecular formula is C21H30N4. The monoisotopic (exact) mass is 338 g/mol. The number of hydrogen-bond acceptors (Lipinski definition) is 3. The van der Waals surface area contributed by atoms with Crippen LogP contribution in [0.1, 0.15) is 49.4 Å². The quantitative estimate of drug-likeness (QED) is 0.865. The van der Waals surface area contributed by atoms with Gasteiger partial charge in [-0.1, -0.05) is 49.6 Å². The molecule has 2 heterocycles. The molecule has 1 saturated heterocycles. The zero-order valence-corrected chi connectivity index (χ0v) is 15.1. The van der Waals surface area contributed by atoms with Gasteiger partial charge in [-0.3, -0.25) is 9.80 Å². The van der Waals surface area contributed by atoms with Gasteiger partial charge in [-0.25, -0.2) is 4.98 Å². The van der Waals surface area contributed by atoms with E-state index in [4.69, 9.17) is 0 Å². The second-order valence-electron chi connectivity index (χ2n) is 7.58. The Morgan fingerprint density at radius 1 is 0.960 bits per heavy atom. The first-order valence-electron chi connectivity index (χ1n) is 9.90. The smallest absolute Gasteiger partial charge is 0.110 e. The highest BCUT2D eigenvalue weighted by Crippen LogP contribution is 2.34. The number of nitrogens with zero attached hydrogens (tertiary/aromatic N) is 3. The van der Waals surface area contributed by atoms with Gasteiger partial charge in [-0.05, 0) is 18.4 Å². The molecule has 1 saturated carbocycles. The summed E-state index contributed by atoms with van der Waals surface area (Å²) in [5.41, 5.74) is 1.43. The Hall–Kier alpha value is -1.65. The molecule has 134 valence electrons. The van der Waals surface area contributed by atoms with Crippen molar-refractivity contribution in [3.8, 4) is 0 Å². The molecule has 2 unspecified atom stereocenters. The van der Waals surface area contributed by atoms with E-state index in [9.17, 15) is 0 Å². The minimum Gasteiger partial charge on any atom is -0.348 e. The number of hydrogen-bond donors (Lipinski definition) is 1. The van der Waals surface area contributed by atoms with Crippen LogP contribution in [0.4, 0.5) is 0 Å². The molecule has 0 bridgehead atoms. The maximum Gasteiger partial charge on any atom is 0.110 e. The van der Waals surface area contributed by atoms with Crippen molar-refractivity contribution in [1.82, 2.24) is 19.8 Å². The Bertz CT molecular complexity index is 617. The van der Waals surface area contributed by atoms with E-state index in [0.29, 0.717) is 12.0 Å². The molecule has 1 aliphatic carbocycles. The summed E-state index contributed by atoms with van der Waals surface area (Å²) in [5.74, 6) is 1.79. The normalized spacial score (nSPS) is 26.4. The van der Waals surface area contributed by atoms with Crippen LogP contribution in [-0.4, -0.2) is 52.0 Å². The minimum atomic E-state index is 0.582. The maximum atomic E-state index is 4.60. The molecule has 4 nitrogen and oxygen atoms in total. The summed E-state index contributed by atoms with van der Waals surface area (Å²) in [6, 6.07) is 11.5. The van der Waals surface area contributed by atoms with Crippen LogP contribution in [0, 0.1) is 0 Å². The van der Waals surface area contributed by atoms with Crippen LogP contribution in [0.5, 0.6) is 0 Å². The number of aromatic amines is 1. The number of H-pyrrole nitrogens is 1. The summed E-state index contributed by atoms with van der Waals surface area (Å²) in [5, 5.41) is 0. The predicted molar refractivity (Wildman–Crippen MR) is 101 cm³/mol. The second-order valence-corrected chi connectivity index (χ2v) is 7.58. The largest absolute Gasteiger partial charge is 0.348 e. The van der Waals surface area contributed by atoms with Crippen LogP contribution in [-0.2, 0) is 6.54 Å². The van der Waals surface area contributed by atoms with Crippen LogP contribution < -0.4 is 0 Å². The molecule has 1 aliphatic heterocycles. The van der Waals surface area contributed by atoms with Gasteiger partial charge in [-0.2, -0.15) is 0 Å². The molecule has 4 rings (SSSR count). The molecule has 2 aliphatic rings. The van der Waals surface area contributed by atoms with Crippen molar-refractivity contribution in [2.45, 2.75) is 50.6 Å². The van der Waals surface area contributed by atoms with Gasteiger partial charge in [0.15, 0.2) is 0 Å². The molecule has 1 aromatic carbocycles. The van der Waals surface area contributed by atoms with E-state index in [1.165, 1.54) is 69.7 Å². The standard InChI is InChI=1S/C21H30N4/c1-3-7-18(8-4-1)17-24-13-15-25(16-14-24)20-10-6-2-5-9-19(20)21-22-11-12-23-21/h1,3-4,7-8,11-12,19-20H,2,5-6,9-10,13-17H2,(H,22,23). The van der Waals surface area contributed by atoms with Crippen molar-refractivity contribution >= 4 is 0 Å². The summed E-state index contributed by atoms with van der Waals surface area (Å²) in [6.45, 7) is 5.82. The highest BCUT2D eigenvalue weighted by atomic mass is 15.3. The summed E-state index contributed by atoms with van der Waals surface area (Å²) >= 11 is 0. The first kappa shape index (κ1) is 16.8. The highest BCUT2D eigenvalue weighted by Gasteiger charge is 2.33. The molecule has 1 aromatic heterocycles. The zero-order chi connectivity index (χ0) is 16.9. The van der Waals surface area contributed by atoms with Gasteiger partial charge in [0.1, 0.15) is 5.82 Å². The summed E-state index contributed by atoms with van der Waals surface area (Å²) in [7, 11) is 0. The fourth-order valence-corrected chi connectivity index (χ4v) is 4.62. The summed E-state index contributed by atoms with van der Waals surface area (Å²) in [6.07, 6.45) is 10.6. The van der Waals surface area contributed by atoms with E-state index in [2.05, 4.69) is 50.1 Å². The van der Waals surface area contributed by atoms with Gasteiger partial charge in [0.25, 0.3) is 0 Å². The third kappa shape index (κ3) is 4.13. The Kier molecular flexibility index (Phi) is 5.48. The molecule has 25 heavy (non-hydrogen) atoms. The van der Waals surface area contributed by atoms with E-state index >= 15 is 0 Å². The lowest BCUT2D eigenvalue weighted by Crippen LogP contribution is -2.51. The van der Waals surface area contributed by atoms with E-state index in [1.54, 1.807) is 0 Å². The number of piperazine rings is 1. The van der Waals surface area contributed by atoms with Crippen LogP contribution in [0.2, 0.25) is 0 Å². The lowest BCUT2D eigenvalue weighted by molar-refractivity contribution is 0.0756. The minimum absolute atomic E-state index is 0.582. The number of benzene rings is 1. The van der Waals surface area contributed by atoms with Crippen LogP contribution in [0.25, 0.3) is 0 Å². The lowest BCUT2D eigenvalue weighted by Gasteiger charge is -2.41. The third-order valence-corrected chi connectivity index (χ3v) is 5.97. The average Bonchev–Trinajstić information content (AvgIpc) is 3.08. The Balaban J connectivity index is 1.38. The maximum absolute atomic E-state index is 4.60. The van der Waals surface area contributed by atoms with Crippen molar-refractivity contribution in [1.29, 1.82) is 0 Å². The molecule has 2 aromatic rings. The molecule has 0 spiro atoms. The average molecular weight is 338 g/mol. The molecule has 0 amide bonds. The van der Waals surface area contributed by atoms with Crippen LogP contribution >= 0.6 is 0 Å². The number of rotatable bonds is 4. The van der Waals surface area contributed by atoms with Crippen LogP contribution in [0.3, 0.4) is 0 Å². The molecule has 4 heteroatoms. The van der Waals surface area contributed by atoms with Crippen molar-refractivity contribution in [2.24, 2.45) is 0 Å². The topological polar surface area (TPSA) is 35.2 Å². The number of aromatic nitrogens is 2. The molecule has 1 N–H and O–H groups in total. The molecule has 2 fully saturated rings. The SMILES string of the molecule is c1ccc(CN2CCN(C3CCCCCC3c3ncc[nH]3)CC2)cc1. The van der Waals surface area contributed by atoms with E-state index < -0.39 is 0 Å². The molecular weight excluding hydrogens is 308 g/mol. The molecule has 0 radical (unpaired) electrons. The summed E-state index contributed by atoms with van der Waals surface area (Å²) < 4.78 is 0. The second kappa shape index (κ2) is 8.15. The Morgan fingerprint density at radius 3 is 2.52 bits per heavy atom. The zero-order valence-electron chi connectivity index (χ0n) is 15.1. The third-order valence-electron chi connectivity index (χ3n) is 5.97. The number of imidazole rings is 1. The lowest BCUT2D eigenvalue weighted by atomic mass is 9.92. The van der Waals surface area contributed by atoms with Crippen molar-refractivity contribution in [3.05, 3.63) is 54.1 Å². The van der Waals surface area contributed by atoms with Gasteiger partial charge in [-0.15, -0.1) is 0 Å². The van der Waals surface area contributed by atoms with Gasteiger partial charge in [0, 0.05) is 57.1 Å². The van der Waals surface area contributed by atoms with Gasteiger partial charge < -0.3 is 4.98 Å². The Morgan fingerprint density at radius 2 is 1.76 bits per heavy atom. The van der Waals surface area contributed by atoms with Crippen LogP contribution in [0.15, 0.2) is 42.7 Å². The fourth-order valence-electron chi connectivity index (χ4n) is 4.62. The highest BCUT2D eigenvalue weighted by molar-refractivity contribution is 5.14. The summed E-state index contributed by atoms with van der Waals surface area (Å²) in [4.78, 5) is 13.4. The number of nitrogens with one attached hydrogen (secondary N) is 1. The van der Waals surface area contributed by atoms with Gasteiger partial charge in [0.05, 0.1) is 0 Å². The fraction of sp³-hybridized carbons (Fsp3) is 0.571. The van der Waals surface area contributed by atoms with E-state index in [-0.39, 0.29) is 0 Å². The first-order valence-corrected chi connectivity index (χ1v) is 9.90. The Labute approximate surface area is 151 Å².